The third-order valence-corrected chi connectivity index (χ3v) is 1.28. The minimum absolute atomic E-state index is 0.983. The number of H-pyrrole nitrogens is 1. The Kier molecular flexibility index (Phi) is 2.31. The first-order valence-corrected chi connectivity index (χ1v) is 3.37. The largest absolute Gasteiger partial charge is 0.410 e. The molecule has 1 heterocycles. The van der Waals surface area contributed by atoms with Crippen molar-refractivity contribution in [2.75, 3.05) is 0 Å². The first kappa shape index (κ1) is 6.33. The molecular formula is C7H12NO+. The molecule has 50 valence electrons. The van der Waals surface area contributed by atoms with Crippen LogP contribution in [0.15, 0.2) is 16.9 Å². The highest BCUT2D eigenvalue weighted by Crippen LogP contribution is 1.96. The van der Waals surface area contributed by atoms with E-state index in [0.717, 1.165) is 12.3 Å². The minimum Gasteiger partial charge on any atom is -0.410 e. The molecule has 0 amide bonds. The molecule has 0 aromatic carbocycles. The Hall–Kier alpha value is -0.790. The van der Waals surface area contributed by atoms with Crippen LogP contribution < -0.4 is 4.98 Å². The highest BCUT2D eigenvalue weighted by molar-refractivity contribution is 4.66. The van der Waals surface area contributed by atoms with Crippen molar-refractivity contribution in [3.63, 3.8) is 0 Å². The first-order valence-electron chi connectivity index (χ1n) is 3.37. The molecule has 2 heteroatoms. The van der Waals surface area contributed by atoms with Gasteiger partial charge in [-0.05, 0) is 6.42 Å². The molecule has 0 spiro atoms. The van der Waals surface area contributed by atoms with Crippen molar-refractivity contribution < 1.29 is 9.40 Å². The van der Waals surface area contributed by atoms with Crippen LogP contribution in [0.2, 0.25) is 0 Å². The summed E-state index contributed by atoms with van der Waals surface area (Å²) in [4.78, 5) is 3.01. The van der Waals surface area contributed by atoms with Gasteiger partial charge in [0.1, 0.15) is 0 Å². The number of oxazole rings is 1. The molecule has 0 fully saturated rings. The average molecular weight is 126 g/mol. The van der Waals surface area contributed by atoms with Crippen LogP contribution in [-0.2, 0) is 6.42 Å². The molecule has 9 heavy (non-hydrogen) atoms. The predicted octanol–water partition coefficient (Wildman–Crippen LogP) is 1.44. The van der Waals surface area contributed by atoms with Crippen molar-refractivity contribution in [3.05, 3.63) is 18.4 Å². The van der Waals surface area contributed by atoms with E-state index in [-0.39, 0.29) is 0 Å². The van der Waals surface area contributed by atoms with Gasteiger partial charge < -0.3 is 4.42 Å². The maximum absolute atomic E-state index is 5.08. The van der Waals surface area contributed by atoms with Crippen LogP contribution in [0.4, 0.5) is 0 Å². The van der Waals surface area contributed by atoms with Crippen molar-refractivity contribution in [1.82, 2.24) is 0 Å². The van der Waals surface area contributed by atoms with Gasteiger partial charge in [0.15, 0.2) is 6.26 Å². The smallest absolute Gasteiger partial charge is 0.345 e. The van der Waals surface area contributed by atoms with Crippen molar-refractivity contribution in [2.24, 2.45) is 0 Å². The topological polar surface area (TPSA) is 27.3 Å². The Balaban J connectivity index is 2.30. The third-order valence-electron chi connectivity index (χ3n) is 1.28. The van der Waals surface area contributed by atoms with Gasteiger partial charge in [0, 0.05) is 0 Å². The molecule has 0 saturated carbocycles. The second-order valence-corrected chi connectivity index (χ2v) is 2.09. The number of rotatable bonds is 3. The predicted molar refractivity (Wildman–Crippen MR) is 33.9 cm³/mol. The van der Waals surface area contributed by atoms with Crippen molar-refractivity contribution in [2.45, 2.75) is 26.2 Å². The first-order chi connectivity index (χ1) is 4.43. The van der Waals surface area contributed by atoms with Crippen molar-refractivity contribution >= 4 is 0 Å². The van der Waals surface area contributed by atoms with Gasteiger partial charge in [-0.1, -0.05) is 13.3 Å². The Morgan fingerprint density at radius 1 is 1.67 bits per heavy atom. The summed E-state index contributed by atoms with van der Waals surface area (Å²) in [5, 5.41) is 0. The van der Waals surface area contributed by atoms with Gasteiger partial charge in [-0.2, -0.15) is 4.98 Å². The van der Waals surface area contributed by atoms with Gasteiger partial charge in [-0.25, -0.2) is 0 Å². The van der Waals surface area contributed by atoms with Gasteiger partial charge in [-0.3, -0.25) is 0 Å². The van der Waals surface area contributed by atoms with Crippen LogP contribution in [0.25, 0.3) is 0 Å². The summed E-state index contributed by atoms with van der Waals surface area (Å²) >= 11 is 0. The molecule has 0 saturated heterocycles. The molecule has 1 rings (SSSR count). The van der Waals surface area contributed by atoms with E-state index in [1.54, 1.807) is 6.26 Å². The van der Waals surface area contributed by atoms with Gasteiger partial charge in [-0.15, -0.1) is 0 Å². The lowest BCUT2D eigenvalue weighted by Crippen LogP contribution is -2.03. The second-order valence-electron chi connectivity index (χ2n) is 2.09. The van der Waals surface area contributed by atoms with E-state index >= 15 is 0 Å². The fourth-order valence-electron chi connectivity index (χ4n) is 0.746. The minimum atomic E-state index is 0.983. The lowest BCUT2D eigenvalue weighted by atomic mass is 10.2. The maximum Gasteiger partial charge on any atom is 0.345 e. The molecule has 0 atom stereocenters. The normalized spacial score (nSPS) is 9.89. The molecular weight excluding hydrogens is 114 g/mol. The summed E-state index contributed by atoms with van der Waals surface area (Å²) in [5.41, 5.74) is 0. The molecule has 0 aliphatic carbocycles. The number of unbranched alkanes of at least 4 members (excludes halogenated alkanes) is 1. The Bertz CT molecular complexity index is 146. The summed E-state index contributed by atoms with van der Waals surface area (Å²) in [6.07, 6.45) is 6.93. The number of hydrogen-bond acceptors (Lipinski definition) is 1. The lowest BCUT2D eigenvalue weighted by Gasteiger charge is -1.83. The monoisotopic (exact) mass is 126 g/mol. The van der Waals surface area contributed by atoms with Crippen LogP contribution >= 0.6 is 0 Å². The second kappa shape index (κ2) is 3.28. The van der Waals surface area contributed by atoms with Crippen LogP contribution in [0.5, 0.6) is 0 Å². The van der Waals surface area contributed by atoms with E-state index in [0.29, 0.717) is 0 Å². The highest BCUT2D eigenvalue weighted by atomic mass is 16.3. The van der Waals surface area contributed by atoms with Crippen molar-refractivity contribution in [1.29, 1.82) is 0 Å². The third kappa shape index (κ3) is 1.88. The lowest BCUT2D eigenvalue weighted by molar-refractivity contribution is -0.397. The van der Waals surface area contributed by atoms with E-state index in [2.05, 4.69) is 11.9 Å². The summed E-state index contributed by atoms with van der Waals surface area (Å²) in [7, 11) is 0. The van der Waals surface area contributed by atoms with Gasteiger partial charge in [0.2, 0.25) is 6.20 Å². The van der Waals surface area contributed by atoms with Crippen LogP contribution in [0.1, 0.15) is 25.7 Å². The SMILES string of the molecule is CCCCc1[nH+]cco1. The summed E-state index contributed by atoms with van der Waals surface area (Å²) < 4.78 is 5.08. The molecule has 0 aliphatic rings. The van der Waals surface area contributed by atoms with Gasteiger partial charge in [0.05, 0.1) is 6.42 Å². The standard InChI is InChI=1S/C7H11NO/c1-2-3-4-7-8-5-6-9-7/h5-6H,2-4H2,1H3/p+1. The number of nitrogens with one attached hydrogen (secondary N) is 1. The number of hydrogen-bond donors (Lipinski definition) is 0. The van der Waals surface area contributed by atoms with E-state index in [4.69, 9.17) is 4.42 Å². The van der Waals surface area contributed by atoms with Crippen LogP contribution in [0, 0.1) is 0 Å². The molecule has 1 aromatic heterocycles. The zero-order valence-electron chi connectivity index (χ0n) is 5.68. The Labute approximate surface area is 54.9 Å². The van der Waals surface area contributed by atoms with E-state index in [1.807, 2.05) is 6.20 Å². The molecule has 1 N–H and O–H groups in total. The molecule has 0 bridgehead atoms. The highest BCUT2D eigenvalue weighted by Gasteiger charge is 2.00. The quantitative estimate of drug-likeness (QED) is 0.602. The Morgan fingerprint density at radius 2 is 2.56 bits per heavy atom. The molecule has 1 aromatic rings. The molecule has 2 nitrogen and oxygen atoms in total. The summed E-state index contributed by atoms with van der Waals surface area (Å²) in [6, 6.07) is 0. The summed E-state index contributed by atoms with van der Waals surface area (Å²) in [6.45, 7) is 2.17. The number of aromatic amines is 1. The van der Waals surface area contributed by atoms with E-state index in [1.165, 1.54) is 12.8 Å². The molecule has 0 aliphatic heterocycles. The molecule has 0 unspecified atom stereocenters. The number of aromatic nitrogens is 1. The molecule has 0 radical (unpaired) electrons. The van der Waals surface area contributed by atoms with Crippen LogP contribution in [-0.4, -0.2) is 0 Å². The van der Waals surface area contributed by atoms with Gasteiger partial charge in [0.25, 0.3) is 0 Å². The fourth-order valence-corrected chi connectivity index (χ4v) is 0.746. The fraction of sp³-hybridized carbons (Fsp3) is 0.571. The van der Waals surface area contributed by atoms with E-state index in [9.17, 15) is 0 Å². The van der Waals surface area contributed by atoms with Crippen molar-refractivity contribution in [3.8, 4) is 0 Å². The zero-order valence-corrected chi connectivity index (χ0v) is 5.68. The average Bonchev–Trinajstić information content (AvgIpc) is 2.34. The van der Waals surface area contributed by atoms with Crippen LogP contribution in [0.3, 0.4) is 0 Å². The zero-order chi connectivity index (χ0) is 6.53. The van der Waals surface area contributed by atoms with E-state index < -0.39 is 0 Å². The maximum atomic E-state index is 5.08. The van der Waals surface area contributed by atoms with Gasteiger partial charge >= 0.3 is 5.89 Å². The Morgan fingerprint density at radius 3 is 3.11 bits per heavy atom. The number of aryl methyl sites for hydroxylation is 1. The summed E-state index contributed by atoms with van der Waals surface area (Å²) in [5.74, 6) is 0.983.